The molecular weight excluding hydrogens is 158 g/mol. The second-order valence-electron chi connectivity index (χ2n) is 2.61. The highest BCUT2D eigenvalue weighted by molar-refractivity contribution is 8.13. The lowest BCUT2D eigenvalue weighted by molar-refractivity contribution is 0.474. The van der Waals surface area contributed by atoms with Crippen LogP contribution in [-0.4, -0.2) is 22.9 Å². The largest absolute Gasteiger partial charge is 0.278 e. The SMILES string of the molecule is CSC(=N)N(C#N)CC(C)C. The van der Waals surface area contributed by atoms with Crippen molar-refractivity contribution in [3.8, 4) is 6.19 Å². The quantitative estimate of drug-likeness (QED) is 0.298. The average molecular weight is 171 g/mol. The summed E-state index contributed by atoms with van der Waals surface area (Å²) in [7, 11) is 0. The van der Waals surface area contributed by atoms with Crippen LogP contribution in [0.2, 0.25) is 0 Å². The lowest BCUT2D eigenvalue weighted by Crippen LogP contribution is -2.26. The van der Waals surface area contributed by atoms with E-state index in [0.29, 0.717) is 17.6 Å². The second-order valence-corrected chi connectivity index (χ2v) is 3.41. The zero-order chi connectivity index (χ0) is 8.85. The molecule has 0 rings (SSSR count). The van der Waals surface area contributed by atoms with E-state index in [0.717, 1.165) is 0 Å². The van der Waals surface area contributed by atoms with Gasteiger partial charge in [0.2, 0.25) is 0 Å². The first-order valence-electron chi connectivity index (χ1n) is 3.41. The van der Waals surface area contributed by atoms with Crippen LogP contribution in [0.3, 0.4) is 0 Å². The first kappa shape index (κ1) is 10.3. The number of nitrogens with zero attached hydrogens (tertiary/aromatic N) is 2. The molecule has 0 atom stereocenters. The number of thioether (sulfide) groups is 1. The summed E-state index contributed by atoms with van der Waals surface area (Å²) in [6.45, 7) is 4.69. The van der Waals surface area contributed by atoms with Crippen molar-refractivity contribution in [2.24, 2.45) is 5.92 Å². The molecule has 0 radical (unpaired) electrons. The molecule has 11 heavy (non-hydrogen) atoms. The van der Waals surface area contributed by atoms with Crippen molar-refractivity contribution >= 4 is 16.9 Å². The van der Waals surface area contributed by atoms with Crippen molar-refractivity contribution in [1.82, 2.24) is 4.90 Å². The summed E-state index contributed by atoms with van der Waals surface area (Å²) >= 11 is 1.29. The molecule has 0 spiro atoms. The maximum Gasteiger partial charge on any atom is 0.185 e. The molecule has 0 aromatic carbocycles. The van der Waals surface area contributed by atoms with Gasteiger partial charge in [-0.2, -0.15) is 5.26 Å². The maximum absolute atomic E-state index is 8.60. The monoisotopic (exact) mass is 171 g/mol. The maximum atomic E-state index is 8.60. The van der Waals surface area contributed by atoms with E-state index in [2.05, 4.69) is 0 Å². The minimum absolute atomic E-state index is 0.321. The van der Waals surface area contributed by atoms with E-state index in [4.69, 9.17) is 10.7 Å². The fourth-order valence-corrected chi connectivity index (χ4v) is 0.980. The smallest absolute Gasteiger partial charge is 0.185 e. The molecule has 0 amide bonds. The molecule has 0 unspecified atom stereocenters. The van der Waals surface area contributed by atoms with Gasteiger partial charge in [-0.3, -0.25) is 10.3 Å². The lowest BCUT2D eigenvalue weighted by atomic mass is 10.2. The fourth-order valence-electron chi connectivity index (χ4n) is 0.644. The third kappa shape index (κ3) is 3.89. The van der Waals surface area contributed by atoms with Gasteiger partial charge in [0.15, 0.2) is 11.4 Å². The van der Waals surface area contributed by atoms with Crippen molar-refractivity contribution in [3.63, 3.8) is 0 Å². The molecule has 0 aromatic heterocycles. The predicted octanol–water partition coefficient (Wildman–Crippen LogP) is 1.72. The molecule has 0 aliphatic rings. The third-order valence-corrected chi connectivity index (χ3v) is 1.71. The highest BCUT2D eigenvalue weighted by Crippen LogP contribution is 2.04. The summed E-state index contributed by atoms with van der Waals surface area (Å²) in [5, 5.41) is 16.3. The zero-order valence-electron chi connectivity index (χ0n) is 7.09. The zero-order valence-corrected chi connectivity index (χ0v) is 7.90. The van der Waals surface area contributed by atoms with Crippen LogP contribution in [0, 0.1) is 22.8 Å². The van der Waals surface area contributed by atoms with Gasteiger partial charge in [0, 0.05) is 6.54 Å². The highest BCUT2D eigenvalue weighted by Gasteiger charge is 2.08. The molecule has 0 aliphatic heterocycles. The van der Waals surface area contributed by atoms with Crippen LogP contribution in [0.1, 0.15) is 13.8 Å². The minimum atomic E-state index is 0.321. The van der Waals surface area contributed by atoms with E-state index >= 15 is 0 Å². The van der Waals surface area contributed by atoms with Gasteiger partial charge in [-0.1, -0.05) is 25.6 Å². The molecule has 4 heteroatoms. The standard InChI is InChI=1S/C7H13N3S/c1-6(2)4-10(5-8)7(9)11-3/h6,9H,4H2,1-3H3. The Morgan fingerprint density at radius 3 is 2.55 bits per heavy atom. The topological polar surface area (TPSA) is 50.9 Å². The van der Waals surface area contributed by atoms with Crippen molar-refractivity contribution in [2.45, 2.75) is 13.8 Å². The van der Waals surface area contributed by atoms with E-state index in [1.165, 1.54) is 16.7 Å². The average Bonchev–Trinajstić information content (AvgIpc) is 1.98. The van der Waals surface area contributed by atoms with Gasteiger partial charge in [0.05, 0.1) is 0 Å². The number of nitriles is 1. The van der Waals surface area contributed by atoms with Crippen molar-refractivity contribution in [2.75, 3.05) is 12.8 Å². The van der Waals surface area contributed by atoms with Gasteiger partial charge in [-0.25, -0.2) is 0 Å². The highest BCUT2D eigenvalue weighted by atomic mass is 32.2. The summed E-state index contributed by atoms with van der Waals surface area (Å²) in [5.74, 6) is 0.419. The molecule has 0 fully saturated rings. The van der Waals surface area contributed by atoms with Crippen LogP contribution in [0.5, 0.6) is 0 Å². The summed E-state index contributed by atoms with van der Waals surface area (Å²) < 4.78 is 0. The van der Waals surface area contributed by atoms with Crippen LogP contribution in [0.4, 0.5) is 0 Å². The Morgan fingerprint density at radius 1 is 1.73 bits per heavy atom. The Balaban J connectivity index is 3.98. The molecule has 3 nitrogen and oxygen atoms in total. The molecule has 0 saturated carbocycles. The third-order valence-electron chi connectivity index (χ3n) is 1.11. The molecule has 0 aromatic rings. The predicted molar refractivity (Wildman–Crippen MR) is 48.4 cm³/mol. The van der Waals surface area contributed by atoms with E-state index < -0.39 is 0 Å². The lowest BCUT2D eigenvalue weighted by Gasteiger charge is -2.16. The Bertz CT molecular complexity index is 171. The minimum Gasteiger partial charge on any atom is -0.278 e. The Hall–Kier alpha value is -0.690. The molecular formula is C7H13N3S. The number of nitrogens with one attached hydrogen (secondary N) is 1. The summed E-state index contributed by atoms with van der Waals surface area (Å²) in [4.78, 5) is 1.40. The van der Waals surface area contributed by atoms with Crippen molar-refractivity contribution < 1.29 is 0 Å². The summed E-state index contributed by atoms with van der Waals surface area (Å²) in [6.07, 6.45) is 3.77. The van der Waals surface area contributed by atoms with Crippen molar-refractivity contribution in [3.05, 3.63) is 0 Å². The normalized spacial score (nSPS) is 9.36. The number of hydrogen-bond acceptors (Lipinski definition) is 3. The van der Waals surface area contributed by atoms with Crippen molar-refractivity contribution in [1.29, 1.82) is 10.7 Å². The van der Waals surface area contributed by atoms with E-state index in [-0.39, 0.29) is 0 Å². The van der Waals surface area contributed by atoms with E-state index in [1.54, 1.807) is 6.26 Å². The van der Waals surface area contributed by atoms with Crippen LogP contribution in [0.25, 0.3) is 0 Å². The van der Waals surface area contributed by atoms with Crippen LogP contribution >= 0.6 is 11.8 Å². The fraction of sp³-hybridized carbons (Fsp3) is 0.714. The summed E-state index contributed by atoms with van der Waals surface area (Å²) in [6, 6.07) is 0. The van der Waals surface area contributed by atoms with Gasteiger partial charge in [-0.05, 0) is 12.2 Å². The molecule has 0 heterocycles. The first-order valence-corrected chi connectivity index (χ1v) is 4.64. The van der Waals surface area contributed by atoms with Gasteiger partial charge in [0.25, 0.3) is 0 Å². The van der Waals surface area contributed by atoms with Crippen LogP contribution in [-0.2, 0) is 0 Å². The Kier molecular flexibility index (Phi) is 4.71. The number of rotatable bonds is 2. The molecule has 0 aliphatic carbocycles. The first-order chi connectivity index (χ1) is 5.11. The Labute approximate surface area is 71.9 Å². The van der Waals surface area contributed by atoms with Gasteiger partial charge in [0.1, 0.15) is 0 Å². The number of amidine groups is 1. The van der Waals surface area contributed by atoms with Gasteiger partial charge >= 0.3 is 0 Å². The van der Waals surface area contributed by atoms with E-state index in [9.17, 15) is 0 Å². The molecule has 1 N–H and O–H groups in total. The van der Waals surface area contributed by atoms with Crippen LogP contribution in [0.15, 0.2) is 0 Å². The second kappa shape index (κ2) is 5.03. The van der Waals surface area contributed by atoms with Crippen LogP contribution < -0.4 is 0 Å². The molecule has 62 valence electrons. The van der Waals surface area contributed by atoms with Gasteiger partial charge in [-0.15, -0.1) is 0 Å². The summed E-state index contributed by atoms with van der Waals surface area (Å²) in [5.41, 5.74) is 0. The van der Waals surface area contributed by atoms with E-state index in [1.807, 2.05) is 20.0 Å². The molecule has 0 bridgehead atoms. The Morgan fingerprint density at radius 2 is 2.27 bits per heavy atom. The number of hydrogen-bond donors (Lipinski definition) is 1. The molecule has 0 saturated heterocycles. The van der Waals surface area contributed by atoms with Gasteiger partial charge < -0.3 is 0 Å².